The standard InChI is InChI=1S/C13H19NO4/c1-5-6-10(13(16)17)14-12(15)11-7(2)8(3)18-9(11)4/h10H,5-6H2,1-4H3,(H,14,15)(H,16,17)/t10-/m0/s1. The maximum absolute atomic E-state index is 12.1. The summed E-state index contributed by atoms with van der Waals surface area (Å²) >= 11 is 0. The molecular formula is C13H19NO4. The van der Waals surface area contributed by atoms with Gasteiger partial charge in [0.15, 0.2) is 0 Å². The molecule has 0 bridgehead atoms. The van der Waals surface area contributed by atoms with Crippen molar-refractivity contribution in [3.8, 4) is 0 Å². The summed E-state index contributed by atoms with van der Waals surface area (Å²) in [5, 5.41) is 11.5. The van der Waals surface area contributed by atoms with Gasteiger partial charge in [0.2, 0.25) is 0 Å². The summed E-state index contributed by atoms with van der Waals surface area (Å²) in [4.78, 5) is 23.0. The van der Waals surface area contributed by atoms with Crippen LogP contribution in [0.5, 0.6) is 0 Å². The number of rotatable bonds is 5. The molecule has 1 aromatic heterocycles. The second-order valence-corrected chi connectivity index (χ2v) is 4.37. The lowest BCUT2D eigenvalue weighted by Crippen LogP contribution is -2.40. The van der Waals surface area contributed by atoms with E-state index in [0.717, 1.165) is 5.56 Å². The molecule has 0 saturated carbocycles. The summed E-state index contributed by atoms with van der Waals surface area (Å²) in [6, 6.07) is -0.850. The van der Waals surface area contributed by atoms with Gasteiger partial charge in [0, 0.05) is 5.56 Å². The monoisotopic (exact) mass is 253 g/mol. The lowest BCUT2D eigenvalue weighted by Gasteiger charge is -2.13. The fourth-order valence-corrected chi connectivity index (χ4v) is 1.90. The van der Waals surface area contributed by atoms with Crippen molar-refractivity contribution in [1.82, 2.24) is 5.32 Å². The Morgan fingerprint density at radius 3 is 2.28 bits per heavy atom. The van der Waals surface area contributed by atoms with Gasteiger partial charge in [-0.2, -0.15) is 0 Å². The molecule has 0 fully saturated rings. The van der Waals surface area contributed by atoms with Crippen LogP contribution < -0.4 is 5.32 Å². The van der Waals surface area contributed by atoms with Crippen LogP contribution in [0.15, 0.2) is 4.42 Å². The number of hydrogen-bond acceptors (Lipinski definition) is 3. The van der Waals surface area contributed by atoms with E-state index in [9.17, 15) is 9.59 Å². The first-order valence-electron chi connectivity index (χ1n) is 5.98. The minimum atomic E-state index is -1.01. The summed E-state index contributed by atoms with van der Waals surface area (Å²) < 4.78 is 5.36. The Morgan fingerprint density at radius 1 is 1.28 bits per heavy atom. The van der Waals surface area contributed by atoms with Crippen molar-refractivity contribution >= 4 is 11.9 Å². The SMILES string of the molecule is CCC[C@H](NC(=O)c1c(C)oc(C)c1C)C(=O)O. The molecule has 18 heavy (non-hydrogen) atoms. The third-order valence-corrected chi connectivity index (χ3v) is 2.97. The van der Waals surface area contributed by atoms with Gasteiger partial charge >= 0.3 is 5.97 Å². The molecule has 100 valence electrons. The number of amides is 1. The first kappa shape index (κ1) is 14.3. The molecule has 1 amide bonds. The highest BCUT2D eigenvalue weighted by Crippen LogP contribution is 2.20. The van der Waals surface area contributed by atoms with Crippen LogP contribution in [0.3, 0.4) is 0 Å². The number of aryl methyl sites for hydroxylation is 2. The Hall–Kier alpha value is -1.78. The van der Waals surface area contributed by atoms with E-state index in [0.29, 0.717) is 29.9 Å². The molecule has 0 radical (unpaired) electrons. The molecule has 0 aromatic carbocycles. The molecule has 1 atom stereocenters. The van der Waals surface area contributed by atoms with E-state index in [1.807, 2.05) is 6.92 Å². The lowest BCUT2D eigenvalue weighted by atomic mass is 10.1. The Balaban J connectivity index is 2.90. The molecule has 1 heterocycles. The predicted octanol–water partition coefficient (Wildman–Crippen LogP) is 2.19. The van der Waals surface area contributed by atoms with Crippen LogP contribution in [0.4, 0.5) is 0 Å². The summed E-state index contributed by atoms with van der Waals surface area (Å²) in [7, 11) is 0. The minimum absolute atomic E-state index is 0.386. The van der Waals surface area contributed by atoms with Crippen molar-refractivity contribution in [2.24, 2.45) is 0 Å². The Bertz CT molecular complexity index is 462. The highest BCUT2D eigenvalue weighted by atomic mass is 16.4. The quantitative estimate of drug-likeness (QED) is 0.843. The van der Waals surface area contributed by atoms with Gasteiger partial charge < -0.3 is 14.8 Å². The third-order valence-electron chi connectivity index (χ3n) is 2.97. The van der Waals surface area contributed by atoms with Gasteiger partial charge in [0.1, 0.15) is 17.6 Å². The summed E-state index contributed by atoms with van der Waals surface area (Å²) in [5.41, 5.74) is 1.19. The predicted molar refractivity (Wildman–Crippen MR) is 66.7 cm³/mol. The minimum Gasteiger partial charge on any atom is -0.480 e. The van der Waals surface area contributed by atoms with Crippen molar-refractivity contribution in [2.45, 2.75) is 46.6 Å². The van der Waals surface area contributed by atoms with Crippen LogP contribution >= 0.6 is 0 Å². The highest BCUT2D eigenvalue weighted by Gasteiger charge is 2.24. The second kappa shape index (κ2) is 5.71. The third kappa shape index (κ3) is 2.91. The number of carbonyl (C=O) groups is 2. The van der Waals surface area contributed by atoms with Crippen molar-refractivity contribution in [1.29, 1.82) is 0 Å². The van der Waals surface area contributed by atoms with Gasteiger partial charge in [-0.25, -0.2) is 4.79 Å². The zero-order chi connectivity index (χ0) is 13.9. The van der Waals surface area contributed by atoms with Gasteiger partial charge in [-0.15, -0.1) is 0 Å². The molecule has 5 heteroatoms. The van der Waals surface area contributed by atoms with Crippen molar-refractivity contribution in [2.75, 3.05) is 0 Å². The molecule has 5 nitrogen and oxygen atoms in total. The second-order valence-electron chi connectivity index (χ2n) is 4.37. The van der Waals surface area contributed by atoms with Gasteiger partial charge in [-0.3, -0.25) is 4.79 Å². The molecule has 0 spiro atoms. The lowest BCUT2D eigenvalue weighted by molar-refractivity contribution is -0.139. The van der Waals surface area contributed by atoms with Gasteiger partial charge in [-0.1, -0.05) is 13.3 Å². The first-order valence-corrected chi connectivity index (χ1v) is 5.98. The van der Waals surface area contributed by atoms with Crippen molar-refractivity contribution < 1.29 is 19.1 Å². The average Bonchev–Trinajstić information content (AvgIpc) is 2.52. The zero-order valence-electron chi connectivity index (χ0n) is 11.2. The van der Waals surface area contributed by atoms with Gasteiger partial charge in [-0.05, 0) is 27.2 Å². The van der Waals surface area contributed by atoms with Crippen LogP contribution in [0.2, 0.25) is 0 Å². The van der Waals surface area contributed by atoms with E-state index in [1.54, 1.807) is 20.8 Å². The van der Waals surface area contributed by atoms with Crippen molar-refractivity contribution in [3.05, 3.63) is 22.6 Å². The van der Waals surface area contributed by atoms with E-state index in [4.69, 9.17) is 9.52 Å². The number of carboxylic acid groups (broad SMARTS) is 1. The fraction of sp³-hybridized carbons (Fsp3) is 0.538. The molecular weight excluding hydrogens is 234 g/mol. The average molecular weight is 253 g/mol. The molecule has 0 saturated heterocycles. The number of aliphatic carboxylic acids is 1. The summed E-state index contributed by atoms with van der Waals surface area (Å²) in [6.45, 7) is 7.14. The zero-order valence-corrected chi connectivity index (χ0v) is 11.2. The Kier molecular flexibility index (Phi) is 4.53. The van der Waals surface area contributed by atoms with Crippen LogP contribution in [0.25, 0.3) is 0 Å². The molecule has 0 aliphatic rings. The van der Waals surface area contributed by atoms with Crippen LogP contribution in [-0.2, 0) is 4.79 Å². The molecule has 1 aromatic rings. The molecule has 1 rings (SSSR count). The molecule has 0 aliphatic heterocycles. The molecule has 2 N–H and O–H groups in total. The number of hydrogen-bond donors (Lipinski definition) is 2. The van der Waals surface area contributed by atoms with Gasteiger partial charge in [0.25, 0.3) is 5.91 Å². The summed E-state index contributed by atoms with van der Waals surface area (Å²) in [6.07, 6.45) is 1.11. The van der Waals surface area contributed by atoms with Crippen LogP contribution in [0, 0.1) is 20.8 Å². The number of carbonyl (C=O) groups excluding carboxylic acids is 1. The van der Waals surface area contributed by atoms with E-state index >= 15 is 0 Å². The van der Waals surface area contributed by atoms with E-state index < -0.39 is 12.0 Å². The normalized spacial score (nSPS) is 12.2. The van der Waals surface area contributed by atoms with Crippen LogP contribution in [0.1, 0.15) is 47.2 Å². The highest BCUT2D eigenvalue weighted by molar-refractivity contribution is 5.98. The largest absolute Gasteiger partial charge is 0.480 e. The molecule has 0 aliphatic carbocycles. The topological polar surface area (TPSA) is 79.5 Å². The maximum Gasteiger partial charge on any atom is 0.326 e. The Morgan fingerprint density at radius 2 is 1.89 bits per heavy atom. The summed E-state index contributed by atoms with van der Waals surface area (Å²) in [5.74, 6) is -0.202. The fourth-order valence-electron chi connectivity index (χ4n) is 1.90. The smallest absolute Gasteiger partial charge is 0.326 e. The Labute approximate surface area is 106 Å². The van der Waals surface area contributed by atoms with Crippen LogP contribution in [-0.4, -0.2) is 23.0 Å². The first-order chi connectivity index (χ1) is 8.38. The van der Waals surface area contributed by atoms with Gasteiger partial charge in [0.05, 0.1) is 5.56 Å². The van der Waals surface area contributed by atoms with E-state index in [-0.39, 0.29) is 5.91 Å². The number of carboxylic acids is 1. The van der Waals surface area contributed by atoms with E-state index in [1.165, 1.54) is 0 Å². The number of furan rings is 1. The van der Waals surface area contributed by atoms with E-state index in [2.05, 4.69) is 5.32 Å². The maximum atomic E-state index is 12.1. The molecule has 0 unspecified atom stereocenters. The number of nitrogens with one attached hydrogen (secondary N) is 1. The van der Waals surface area contributed by atoms with Crippen molar-refractivity contribution in [3.63, 3.8) is 0 Å².